The van der Waals surface area contributed by atoms with Crippen LogP contribution in [0.1, 0.15) is 13.3 Å². The van der Waals surface area contributed by atoms with E-state index in [0.717, 1.165) is 0 Å². The quantitative estimate of drug-likeness (QED) is 0.451. The predicted octanol–water partition coefficient (Wildman–Crippen LogP) is -1.74. The van der Waals surface area contributed by atoms with Gasteiger partial charge in [-0.3, -0.25) is 34.9 Å². The summed E-state index contributed by atoms with van der Waals surface area (Å²) in [4.78, 5) is 45.7. The van der Waals surface area contributed by atoms with Crippen LogP contribution in [0.4, 0.5) is 0 Å². The Labute approximate surface area is 114 Å². The number of piperidine rings is 1. The summed E-state index contributed by atoms with van der Waals surface area (Å²) in [7, 11) is 0. The molecule has 0 aromatic heterocycles. The summed E-state index contributed by atoms with van der Waals surface area (Å²) in [5.74, 6) is -5.23. The number of hydrogen-bond donors (Lipinski definition) is 4. The molecule has 2 amide bonds. The molecular formula is C11H17N3O6. The van der Waals surface area contributed by atoms with Crippen molar-refractivity contribution in [2.24, 2.45) is 11.8 Å². The first-order valence-electron chi connectivity index (χ1n) is 6.04. The molecule has 0 aliphatic carbocycles. The van der Waals surface area contributed by atoms with Crippen LogP contribution in [0.2, 0.25) is 0 Å². The van der Waals surface area contributed by atoms with Crippen LogP contribution in [-0.2, 0) is 19.2 Å². The Morgan fingerprint density at radius 3 is 2.20 bits per heavy atom. The second-order valence-corrected chi connectivity index (χ2v) is 4.64. The molecule has 4 N–H and O–H groups in total. The minimum Gasteiger partial charge on any atom is -0.481 e. The van der Waals surface area contributed by atoms with E-state index in [1.165, 1.54) is 6.92 Å². The van der Waals surface area contributed by atoms with Crippen LogP contribution in [0.15, 0.2) is 0 Å². The van der Waals surface area contributed by atoms with E-state index in [9.17, 15) is 19.2 Å². The average molecular weight is 287 g/mol. The van der Waals surface area contributed by atoms with Crippen molar-refractivity contribution in [3.63, 3.8) is 0 Å². The van der Waals surface area contributed by atoms with E-state index >= 15 is 0 Å². The molecule has 20 heavy (non-hydrogen) atoms. The maximum absolute atomic E-state index is 11.5. The van der Waals surface area contributed by atoms with Crippen molar-refractivity contribution in [3.05, 3.63) is 0 Å². The van der Waals surface area contributed by atoms with Gasteiger partial charge in [-0.1, -0.05) is 0 Å². The highest BCUT2D eigenvalue weighted by molar-refractivity contribution is 5.82. The molecule has 0 bridgehead atoms. The molecule has 1 heterocycles. The Morgan fingerprint density at radius 1 is 1.10 bits per heavy atom. The summed E-state index contributed by atoms with van der Waals surface area (Å²) in [6, 6.07) is 0. The van der Waals surface area contributed by atoms with Crippen molar-refractivity contribution in [3.8, 4) is 0 Å². The second-order valence-electron chi connectivity index (χ2n) is 4.64. The van der Waals surface area contributed by atoms with Gasteiger partial charge in [-0.25, -0.2) is 0 Å². The van der Waals surface area contributed by atoms with Gasteiger partial charge in [0.1, 0.15) is 0 Å². The van der Waals surface area contributed by atoms with E-state index < -0.39 is 35.6 Å². The zero-order chi connectivity index (χ0) is 15.3. The standard InChI is InChI=1S/C11H17N3O6/c1-6(15)12-13-9(16)5-14-3-2-7(10(17)18)8(4-14)11(19)20/h7-8H,2-5H2,1H3,(H,12,15)(H,13,16)(H,17,18)(H,19,20). The van der Waals surface area contributed by atoms with Crippen LogP contribution in [0, 0.1) is 11.8 Å². The molecule has 1 aliphatic rings. The van der Waals surface area contributed by atoms with Crippen LogP contribution in [0.3, 0.4) is 0 Å². The van der Waals surface area contributed by atoms with Gasteiger partial charge in [0, 0.05) is 13.5 Å². The monoisotopic (exact) mass is 287 g/mol. The number of hydrogen-bond acceptors (Lipinski definition) is 5. The van der Waals surface area contributed by atoms with Crippen LogP contribution in [-0.4, -0.2) is 58.5 Å². The maximum Gasteiger partial charge on any atom is 0.308 e. The van der Waals surface area contributed by atoms with Crippen LogP contribution < -0.4 is 10.9 Å². The van der Waals surface area contributed by atoms with Crippen LogP contribution in [0.5, 0.6) is 0 Å². The van der Waals surface area contributed by atoms with E-state index in [0.29, 0.717) is 6.54 Å². The Balaban J connectivity index is 2.54. The lowest BCUT2D eigenvalue weighted by atomic mass is 9.85. The molecule has 0 aromatic rings. The van der Waals surface area contributed by atoms with Crippen molar-refractivity contribution in [2.75, 3.05) is 19.6 Å². The summed E-state index contributed by atoms with van der Waals surface area (Å²) in [5, 5.41) is 18.0. The molecule has 2 atom stereocenters. The third-order valence-electron chi connectivity index (χ3n) is 3.08. The number of aliphatic carboxylic acids is 2. The summed E-state index contributed by atoms with van der Waals surface area (Å²) in [6.07, 6.45) is 0.166. The van der Waals surface area contributed by atoms with Gasteiger partial charge in [0.15, 0.2) is 0 Å². The van der Waals surface area contributed by atoms with E-state index in [4.69, 9.17) is 10.2 Å². The fourth-order valence-corrected chi connectivity index (χ4v) is 2.11. The fourth-order valence-electron chi connectivity index (χ4n) is 2.11. The Bertz CT molecular complexity index is 424. The highest BCUT2D eigenvalue weighted by atomic mass is 16.4. The lowest BCUT2D eigenvalue weighted by Crippen LogP contribution is -2.51. The third-order valence-corrected chi connectivity index (χ3v) is 3.08. The van der Waals surface area contributed by atoms with Crippen molar-refractivity contribution in [1.29, 1.82) is 0 Å². The van der Waals surface area contributed by atoms with Gasteiger partial charge in [0.25, 0.3) is 5.91 Å². The Hall–Kier alpha value is -2.16. The number of likely N-dealkylation sites (tertiary alicyclic amines) is 1. The number of nitrogens with one attached hydrogen (secondary N) is 2. The van der Waals surface area contributed by atoms with E-state index in [1.807, 2.05) is 0 Å². The zero-order valence-corrected chi connectivity index (χ0v) is 11.0. The van der Waals surface area contributed by atoms with Crippen molar-refractivity contribution in [2.45, 2.75) is 13.3 Å². The zero-order valence-electron chi connectivity index (χ0n) is 11.0. The SMILES string of the molecule is CC(=O)NNC(=O)CN1CCC(C(=O)O)C(C(=O)O)C1. The molecule has 1 aliphatic heterocycles. The van der Waals surface area contributed by atoms with Crippen molar-refractivity contribution < 1.29 is 29.4 Å². The summed E-state index contributed by atoms with van der Waals surface area (Å²) >= 11 is 0. The average Bonchev–Trinajstić information content (AvgIpc) is 2.35. The smallest absolute Gasteiger partial charge is 0.308 e. The molecule has 0 spiro atoms. The number of hydrazine groups is 1. The van der Waals surface area contributed by atoms with Crippen molar-refractivity contribution >= 4 is 23.8 Å². The molecule has 1 saturated heterocycles. The molecule has 2 unspecified atom stereocenters. The number of rotatable bonds is 4. The first kappa shape index (κ1) is 15.9. The second kappa shape index (κ2) is 6.85. The fraction of sp³-hybridized carbons (Fsp3) is 0.636. The molecule has 0 aromatic carbocycles. The molecule has 1 fully saturated rings. The predicted molar refractivity (Wildman–Crippen MR) is 65.3 cm³/mol. The summed E-state index contributed by atoms with van der Waals surface area (Å²) in [5.41, 5.74) is 4.28. The first-order valence-corrected chi connectivity index (χ1v) is 6.04. The summed E-state index contributed by atoms with van der Waals surface area (Å²) < 4.78 is 0. The third kappa shape index (κ3) is 4.50. The van der Waals surface area contributed by atoms with Gasteiger partial charge in [-0.2, -0.15) is 0 Å². The molecule has 1 rings (SSSR count). The van der Waals surface area contributed by atoms with Gasteiger partial charge in [0.2, 0.25) is 5.91 Å². The number of carboxylic acids is 2. The molecule has 112 valence electrons. The topological polar surface area (TPSA) is 136 Å². The first-order chi connectivity index (χ1) is 9.31. The normalized spacial score (nSPS) is 22.9. The van der Waals surface area contributed by atoms with Crippen LogP contribution in [0.25, 0.3) is 0 Å². The number of carboxylic acid groups (broad SMARTS) is 2. The minimum absolute atomic E-state index is 0.0141. The van der Waals surface area contributed by atoms with Crippen LogP contribution >= 0.6 is 0 Å². The molecular weight excluding hydrogens is 270 g/mol. The van der Waals surface area contributed by atoms with Gasteiger partial charge < -0.3 is 10.2 Å². The van der Waals surface area contributed by atoms with E-state index in [2.05, 4.69) is 10.9 Å². The van der Waals surface area contributed by atoms with Crippen molar-refractivity contribution in [1.82, 2.24) is 15.8 Å². The summed E-state index contributed by atoms with van der Waals surface area (Å²) in [6.45, 7) is 1.43. The number of carbonyl (C=O) groups is 4. The number of carbonyl (C=O) groups excluding carboxylic acids is 2. The Kier molecular flexibility index (Phi) is 5.44. The van der Waals surface area contributed by atoms with Gasteiger partial charge in [0.05, 0.1) is 18.4 Å². The van der Waals surface area contributed by atoms with Gasteiger partial charge >= 0.3 is 11.9 Å². The van der Waals surface area contributed by atoms with Gasteiger partial charge in [-0.15, -0.1) is 0 Å². The maximum atomic E-state index is 11.5. The Morgan fingerprint density at radius 2 is 1.70 bits per heavy atom. The molecule has 0 saturated carbocycles. The highest BCUT2D eigenvalue weighted by Crippen LogP contribution is 2.24. The highest BCUT2D eigenvalue weighted by Gasteiger charge is 2.38. The lowest BCUT2D eigenvalue weighted by Gasteiger charge is -2.33. The molecule has 0 radical (unpaired) electrons. The minimum atomic E-state index is -1.19. The van der Waals surface area contributed by atoms with E-state index in [-0.39, 0.29) is 19.5 Å². The van der Waals surface area contributed by atoms with Gasteiger partial charge in [-0.05, 0) is 13.0 Å². The largest absolute Gasteiger partial charge is 0.481 e. The number of amides is 2. The lowest BCUT2D eigenvalue weighted by molar-refractivity contribution is -0.157. The van der Waals surface area contributed by atoms with E-state index in [1.54, 1.807) is 4.90 Å². The molecule has 9 heteroatoms. The molecule has 9 nitrogen and oxygen atoms in total. The number of nitrogens with zero attached hydrogens (tertiary/aromatic N) is 1.